The van der Waals surface area contributed by atoms with Crippen molar-refractivity contribution in [3.63, 3.8) is 0 Å². The summed E-state index contributed by atoms with van der Waals surface area (Å²) in [5, 5.41) is 0.987. The minimum atomic E-state index is -0.248. The van der Waals surface area contributed by atoms with Gasteiger partial charge in [0.2, 0.25) is 0 Å². The molecule has 0 saturated carbocycles. The Morgan fingerprint density at radius 3 is 2.64 bits per heavy atom. The molecular weight excluding hydrogens is 413 g/mol. The monoisotopic (exact) mass is 437 g/mol. The molecular formula is C28H24FN3O. The SMILES string of the molecule is CCc1ccc(Cn2c(-c3nc4cc(C=O)cc5c4n3CCC5)cc3ccc(F)cc32)cc1. The third-order valence-electron chi connectivity index (χ3n) is 6.77. The Hall–Kier alpha value is -3.73. The summed E-state index contributed by atoms with van der Waals surface area (Å²) in [4.78, 5) is 16.5. The normalized spacial score (nSPS) is 13.2. The first-order valence-corrected chi connectivity index (χ1v) is 11.5. The molecule has 0 radical (unpaired) electrons. The van der Waals surface area contributed by atoms with Crippen LogP contribution in [-0.2, 0) is 25.9 Å². The van der Waals surface area contributed by atoms with Gasteiger partial charge in [-0.05, 0) is 72.4 Å². The number of imidazole rings is 1. The highest BCUT2D eigenvalue weighted by molar-refractivity contribution is 5.92. The van der Waals surface area contributed by atoms with E-state index in [1.807, 2.05) is 18.2 Å². The van der Waals surface area contributed by atoms with E-state index in [-0.39, 0.29) is 5.82 Å². The Kier molecular flexibility index (Phi) is 4.64. The average molecular weight is 438 g/mol. The lowest BCUT2D eigenvalue weighted by Crippen LogP contribution is -2.11. The van der Waals surface area contributed by atoms with E-state index in [1.165, 1.54) is 17.2 Å². The second-order valence-corrected chi connectivity index (χ2v) is 8.85. The fraction of sp³-hybridized carbons (Fsp3) is 0.214. The molecule has 6 rings (SSSR count). The second kappa shape index (κ2) is 7.69. The summed E-state index contributed by atoms with van der Waals surface area (Å²) >= 11 is 0. The molecule has 3 heterocycles. The Morgan fingerprint density at radius 1 is 1.03 bits per heavy atom. The summed E-state index contributed by atoms with van der Waals surface area (Å²) in [5.74, 6) is 0.623. The van der Waals surface area contributed by atoms with Gasteiger partial charge in [0.05, 0.1) is 22.2 Å². The summed E-state index contributed by atoms with van der Waals surface area (Å²) in [6.07, 6.45) is 3.84. The van der Waals surface area contributed by atoms with Crippen LogP contribution in [0, 0.1) is 5.82 Å². The molecule has 1 aliphatic rings. The number of hydrogen-bond donors (Lipinski definition) is 0. The van der Waals surface area contributed by atoms with E-state index in [9.17, 15) is 9.18 Å². The van der Waals surface area contributed by atoms with E-state index >= 15 is 0 Å². The molecule has 0 atom stereocenters. The molecule has 0 unspecified atom stereocenters. The Bertz CT molecular complexity index is 1530. The molecule has 0 saturated heterocycles. The van der Waals surface area contributed by atoms with E-state index in [0.717, 1.165) is 71.1 Å². The van der Waals surface area contributed by atoms with Gasteiger partial charge in [-0.25, -0.2) is 9.37 Å². The number of carbonyl (C=O) groups is 1. The summed E-state index contributed by atoms with van der Waals surface area (Å²) in [6.45, 7) is 3.65. The third-order valence-corrected chi connectivity index (χ3v) is 6.77. The highest BCUT2D eigenvalue weighted by Gasteiger charge is 2.23. The molecule has 1 aliphatic heterocycles. The molecule has 2 aromatic heterocycles. The average Bonchev–Trinajstić information content (AvgIpc) is 3.38. The molecule has 164 valence electrons. The summed E-state index contributed by atoms with van der Waals surface area (Å²) < 4.78 is 18.7. The van der Waals surface area contributed by atoms with Gasteiger partial charge >= 0.3 is 0 Å². The van der Waals surface area contributed by atoms with Crippen molar-refractivity contribution in [1.29, 1.82) is 0 Å². The number of fused-ring (bicyclic) bond motifs is 1. The fourth-order valence-corrected chi connectivity index (χ4v) is 5.12. The number of benzene rings is 3. The van der Waals surface area contributed by atoms with Crippen LogP contribution < -0.4 is 0 Å². The van der Waals surface area contributed by atoms with E-state index in [2.05, 4.69) is 46.4 Å². The highest BCUT2D eigenvalue weighted by Crippen LogP contribution is 2.35. The van der Waals surface area contributed by atoms with Gasteiger partial charge in [0.1, 0.15) is 12.1 Å². The molecule has 0 N–H and O–H groups in total. The number of hydrogen-bond acceptors (Lipinski definition) is 2. The number of aromatic nitrogens is 3. The van der Waals surface area contributed by atoms with Gasteiger partial charge in [0.15, 0.2) is 5.82 Å². The Balaban J connectivity index is 1.58. The first-order chi connectivity index (χ1) is 16.1. The lowest BCUT2D eigenvalue weighted by Gasteiger charge is -2.18. The molecule has 0 amide bonds. The molecule has 4 nitrogen and oxygen atoms in total. The van der Waals surface area contributed by atoms with Crippen LogP contribution >= 0.6 is 0 Å². The van der Waals surface area contributed by atoms with Gasteiger partial charge in [-0.15, -0.1) is 0 Å². The number of rotatable bonds is 5. The highest BCUT2D eigenvalue weighted by atomic mass is 19.1. The van der Waals surface area contributed by atoms with Crippen LogP contribution in [0.15, 0.2) is 60.7 Å². The molecule has 0 fully saturated rings. The van der Waals surface area contributed by atoms with Gasteiger partial charge in [-0.1, -0.05) is 31.2 Å². The predicted molar refractivity (Wildman–Crippen MR) is 129 cm³/mol. The number of nitrogens with zero attached hydrogens (tertiary/aromatic N) is 3. The van der Waals surface area contributed by atoms with Crippen LogP contribution in [0.1, 0.15) is 40.4 Å². The van der Waals surface area contributed by atoms with Crippen LogP contribution in [0.2, 0.25) is 0 Å². The quantitative estimate of drug-likeness (QED) is 0.309. The first-order valence-electron chi connectivity index (χ1n) is 11.5. The van der Waals surface area contributed by atoms with Crippen molar-refractivity contribution in [2.75, 3.05) is 0 Å². The Morgan fingerprint density at radius 2 is 1.85 bits per heavy atom. The molecule has 5 heteroatoms. The van der Waals surface area contributed by atoms with E-state index in [4.69, 9.17) is 4.98 Å². The minimum Gasteiger partial charge on any atom is -0.333 e. The summed E-state index contributed by atoms with van der Waals surface area (Å²) in [5.41, 5.74) is 8.06. The van der Waals surface area contributed by atoms with Crippen molar-refractivity contribution in [2.45, 2.75) is 39.3 Å². The maximum atomic E-state index is 14.3. The molecule has 5 aromatic rings. The summed E-state index contributed by atoms with van der Waals surface area (Å²) in [6, 6.07) is 19.5. The molecule has 33 heavy (non-hydrogen) atoms. The number of aryl methyl sites for hydroxylation is 3. The number of aldehydes is 1. The van der Waals surface area contributed by atoms with Crippen LogP contribution in [-0.4, -0.2) is 20.4 Å². The van der Waals surface area contributed by atoms with Crippen molar-refractivity contribution < 1.29 is 9.18 Å². The minimum absolute atomic E-state index is 0.248. The zero-order valence-electron chi connectivity index (χ0n) is 18.5. The fourth-order valence-electron chi connectivity index (χ4n) is 5.12. The predicted octanol–water partition coefficient (Wildman–Crippen LogP) is 6.17. The zero-order valence-corrected chi connectivity index (χ0v) is 18.5. The molecule has 0 bridgehead atoms. The van der Waals surface area contributed by atoms with Gasteiger partial charge in [-0.3, -0.25) is 4.79 Å². The first kappa shape index (κ1) is 19.9. The lowest BCUT2D eigenvalue weighted by atomic mass is 10.0. The molecule has 3 aromatic carbocycles. The second-order valence-electron chi connectivity index (χ2n) is 8.85. The van der Waals surface area contributed by atoms with E-state index in [1.54, 1.807) is 6.07 Å². The summed E-state index contributed by atoms with van der Waals surface area (Å²) in [7, 11) is 0. The van der Waals surface area contributed by atoms with Gasteiger partial charge < -0.3 is 9.13 Å². The molecule has 0 aliphatic carbocycles. The standard InChI is InChI=1S/C28H24FN3O/c1-2-18-5-7-19(8-6-18)16-32-25-15-23(29)10-9-21(25)14-26(32)28-30-24-13-20(17-33)12-22-4-3-11-31(28)27(22)24/h5-10,12-15,17H,2-4,11,16H2,1H3. The van der Waals surface area contributed by atoms with E-state index < -0.39 is 0 Å². The topological polar surface area (TPSA) is 39.8 Å². The van der Waals surface area contributed by atoms with Crippen LogP contribution in [0.4, 0.5) is 4.39 Å². The van der Waals surface area contributed by atoms with Crippen LogP contribution in [0.5, 0.6) is 0 Å². The van der Waals surface area contributed by atoms with Crippen molar-refractivity contribution >= 4 is 28.2 Å². The maximum absolute atomic E-state index is 14.3. The largest absolute Gasteiger partial charge is 0.333 e. The molecule has 0 spiro atoms. The van der Waals surface area contributed by atoms with Gasteiger partial charge in [0.25, 0.3) is 0 Å². The van der Waals surface area contributed by atoms with Crippen LogP contribution in [0.25, 0.3) is 33.5 Å². The lowest BCUT2D eigenvalue weighted by molar-refractivity contribution is 0.112. The maximum Gasteiger partial charge on any atom is 0.157 e. The number of halogens is 1. The van der Waals surface area contributed by atoms with E-state index in [0.29, 0.717) is 12.1 Å². The van der Waals surface area contributed by atoms with Crippen molar-refractivity contribution in [3.05, 3.63) is 88.7 Å². The zero-order chi connectivity index (χ0) is 22.5. The van der Waals surface area contributed by atoms with Crippen LogP contribution in [0.3, 0.4) is 0 Å². The third kappa shape index (κ3) is 3.27. The smallest absolute Gasteiger partial charge is 0.157 e. The van der Waals surface area contributed by atoms with Gasteiger partial charge in [0, 0.05) is 24.0 Å². The van der Waals surface area contributed by atoms with Crippen molar-refractivity contribution in [1.82, 2.24) is 14.1 Å². The van der Waals surface area contributed by atoms with Crippen molar-refractivity contribution in [3.8, 4) is 11.5 Å². The Labute approximate surface area is 191 Å². The van der Waals surface area contributed by atoms with Gasteiger partial charge in [-0.2, -0.15) is 0 Å². The van der Waals surface area contributed by atoms with Crippen molar-refractivity contribution in [2.24, 2.45) is 0 Å². The number of carbonyl (C=O) groups excluding carboxylic acids is 1.